The molecule has 0 unspecified atom stereocenters. The Kier molecular flexibility index (Phi) is 3.24. The molecule has 0 bridgehead atoms. The molecule has 0 rings (SSSR count). The molecule has 0 aliphatic rings. The number of oxime groups is 1. The van der Waals surface area contributed by atoms with E-state index in [1.54, 1.807) is 13.8 Å². The van der Waals surface area contributed by atoms with Gasteiger partial charge in [0.1, 0.15) is 0 Å². The fraction of sp³-hybridized carbons (Fsp3) is 0.600. The molecule has 0 aromatic rings. The second-order valence-electron chi connectivity index (χ2n) is 1.91. The van der Waals surface area contributed by atoms with Gasteiger partial charge in [-0.3, -0.25) is 4.79 Å². The minimum atomic E-state index is -0.356. The minimum Gasteiger partial charge on any atom is -0.410 e. The number of halogens is 1. The number of carbonyl (C=O) groups is 1. The SMILES string of the molecule is CC(C)C(=O)/C(Cl)=N/O. The number of rotatable bonds is 2. The molecular weight excluding hydrogens is 142 g/mol. The zero-order valence-electron chi connectivity index (χ0n) is 5.26. The smallest absolute Gasteiger partial charge is 0.211 e. The summed E-state index contributed by atoms with van der Waals surface area (Å²) in [6, 6.07) is 0. The standard InChI is InChI=1S/C5H8ClNO2/c1-3(2)4(8)5(6)7-9/h3,9H,1-2H3/b7-5-. The molecule has 52 valence electrons. The number of ketones is 1. The number of hydrogen-bond donors (Lipinski definition) is 1. The second-order valence-corrected chi connectivity index (χ2v) is 2.27. The van der Waals surface area contributed by atoms with Crippen molar-refractivity contribution in [2.75, 3.05) is 0 Å². The topological polar surface area (TPSA) is 49.7 Å². The van der Waals surface area contributed by atoms with Gasteiger partial charge in [0.25, 0.3) is 0 Å². The van der Waals surface area contributed by atoms with Gasteiger partial charge in [-0.15, -0.1) is 0 Å². The number of nitrogens with zero attached hydrogens (tertiary/aromatic N) is 1. The Morgan fingerprint density at radius 3 is 2.22 bits per heavy atom. The molecule has 1 N–H and O–H groups in total. The van der Waals surface area contributed by atoms with Gasteiger partial charge in [-0.2, -0.15) is 0 Å². The van der Waals surface area contributed by atoms with Crippen molar-refractivity contribution in [2.45, 2.75) is 13.8 Å². The van der Waals surface area contributed by atoms with Crippen LogP contribution >= 0.6 is 11.6 Å². The van der Waals surface area contributed by atoms with E-state index in [1.807, 2.05) is 0 Å². The molecule has 0 aromatic heterocycles. The first kappa shape index (κ1) is 8.43. The van der Waals surface area contributed by atoms with E-state index < -0.39 is 0 Å². The van der Waals surface area contributed by atoms with Crippen molar-refractivity contribution in [3.8, 4) is 0 Å². The van der Waals surface area contributed by atoms with E-state index in [2.05, 4.69) is 5.16 Å². The summed E-state index contributed by atoms with van der Waals surface area (Å²) in [6.45, 7) is 3.35. The van der Waals surface area contributed by atoms with Crippen molar-refractivity contribution >= 4 is 22.6 Å². The fourth-order valence-corrected chi connectivity index (χ4v) is 0.506. The molecule has 0 heterocycles. The summed E-state index contributed by atoms with van der Waals surface area (Å²) in [5.41, 5.74) is 0. The molecule has 0 radical (unpaired) electrons. The lowest BCUT2D eigenvalue weighted by molar-refractivity contribution is -0.115. The van der Waals surface area contributed by atoms with E-state index in [9.17, 15) is 4.79 Å². The van der Waals surface area contributed by atoms with Gasteiger partial charge in [0.2, 0.25) is 5.17 Å². The maximum atomic E-state index is 10.7. The maximum Gasteiger partial charge on any atom is 0.211 e. The van der Waals surface area contributed by atoms with Crippen molar-refractivity contribution in [1.29, 1.82) is 0 Å². The van der Waals surface area contributed by atoms with E-state index in [-0.39, 0.29) is 16.9 Å². The highest BCUT2D eigenvalue weighted by Gasteiger charge is 2.12. The van der Waals surface area contributed by atoms with E-state index >= 15 is 0 Å². The number of Topliss-reactive ketones (excluding diaryl/α,β-unsaturated/α-hetero) is 1. The van der Waals surface area contributed by atoms with Crippen molar-refractivity contribution in [1.82, 2.24) is 0 Å². The first-order valence-corrected chi connectivity index (χ1v) is 2.89. The average molecular weight is 150 g/mol. The molecule has 0 atom stereocenters. The molecule has 9 heavy (non-hydrogen) atoms. The third-order valence-corrected chi connectivity index (χ3v) is 1.08. The van der Waals surface area contributed by atoms with Gasteiger partial charge in [-0.25, -0.2) is 0 Å². The zero-order chi connectivity index (χ0) is 7.44. The van der Waals surface area contributed by atoms with Crippen LogP contribution in [0.2, 0.25) is 0 Å². The molecular formula is C5H8ClNO2. The Morgan fingerprint density at radius 1 is 1.67 bits per heavy atom. The molecule has 0 saturated carbocycles. The Hall–Kier alpha value is -0.570. The Morgan fingerprint density at radius 2 is 2.11 bits per heavy atom. The van der Waals surface area contributed by atoms with Crippen LogP contribution in [-0.4, -0.2) is 16.2 Å². The van der Waals surface area contributed by atoms with Crippen LogP contribution in [0.5, 0.6) is 0 Å². The van der Waals surface area contributed by atoms with E-state index in [0.29, 0.717) is 0 Å². The van der Waals surface area contributed by atoms with Crippen LogP contribution in [0.4, 0.5) is 0 Å². The molecule has 4 heteroatoms. The molecule has 3 nitrogen and oxygen atoms in total. The summed E-state index contributed by atoms with van der Waals surface area (Å²) in [6.07, 6.45) is 0. The highest BCUT2D eigenvalue weighted by molar-refractivity contribution is 6.83. The first-order valence-electron chi connectivity index (χ1n) is 2.51. The lowest BCUT2D eigenvalue weighted by atomic mass is 10.1. The summed E-state index contributed by atoms with van der Waals surface area (Å²) in [7, 11) is 0. The molecule has 0 fully saturated rings. The summed E-state index contributed by atoms with van der Waals surface area (Å²) in [4.78, 5) is 10.7. The number of carbonyl (C=O) groups excluding carboxylic acids is 1. The van der Waals surface area contributed by atoms with Crippen LogP contribution in [0.15, 0.2) is 5.16 Å². The fourth-order valence-electron chi connectivity index (χ4n) is 0.287. The maximum absolute atomic E-state index is 10.7. The predicted octanol–water partition coefficient (Wildman–Crippen LogP) is 1.24. The average Bonchev–Trinajstić information content (AvgIpc) is 1.84. The van der Waals surface area contributed by atoms with Gasteiger partial charge in [-0.05, 0) is 0 Å². The van der Waals surface area contributed by atoms with Gasteiger partial charge in [0.15, 0.2) is 5.78 Å². The second kappa shape index (κ2) is 3.45. The molecule has 0 aliphatic heterocycles. The van der Waals surface area contributed by atoms with Crippen LogP contribution < -0.4 is 0 Å². The summed E-state index contributed by atoms with van der Waals surface area (Å²) in [5.74, 6) is -0.562. The van der Waals surface area contributed by atoms with Gasteiger partial charge < -0.3 is 5.21 Å². The third kappa shape index (κ3) is 2.46. The predicted molar refractivity (Wildman–Crippen MR) is 34.9 cm³/mol. The van der Waals surface area contributed by atoms with Crippen LogP contribution in [0.1, 0.15) is 13.8 Å². The van der Waals surface area contributed by atoms with E-state index in [0.717, 1.165) is 0 Å². The van der Waals surface area contributed by atoms with Gasteiger partial charge in [0, 0.05) is 5.92 Å². The van der Waals surface area contributed by atoms with Crippen LogP contribution in [0.25, 0.3) is 0 Å². The Bertz CT molecular complexity index is 142. The van der Waals surface area contributed by atoms with Crippen LogP contribution in [0, 0.1) is 5.92 Å². The van der Waals surface area contributed by atoms with Crippen molar-refractivity contribution in [3.05, 3.63) is 0 Å². The monoisotopic (exact) mass is 149 g/mol. The Balaban J connectivity index is 4.06. The van der Waals surface area contributed by atoms with Gasteiger partial charge in [-0.1, -0.05) is 30.6 Å². The van der Waals surface area contributed by atoms with Crippen molar-refractivity contribution < 1.29 is 10.0 Å². The Labute approximate surface area is 58.3 Å². The highest BCUT2D eigenvalue weighted by Crippen LogP contribution is 1.98. The van der Waals surface area contributed by atoms with Gasteiger partial charge in [0.05, 0.1) is 0 Å². The lowest BCUT2D eigenvalue weighted by Gasteiger charge is -1.96. The number of hydrogen-bond acceptors (Lipinski definition) is 3. The molecule has 0 amide bonds. The molecule has 0 saturated heterocycles. The van der Waals surface area contributed by atoms with Crippen molar-refractivity contribution in [3.63, 3.8) is 0 Å². The van der Waals surface area contributed by atoms with Crippen LogP contribution in [-0.2, 0) is 4.79 Å². The largest absolute Gasteiger partial charge is 0.410 e. The molecule has 0 aromatic carbocycles. The van der Waals surface area contributed by atoms with E-state index in [4.69, 9.17) is 16.8 Å². The van der Waals surface area contributed by atoms with Crippen LogP contribution in [0.3, 0.4) is 0 Å². The summed E-state index contributed by atoms with van der Waals surface area (Å²) in [5, 5.41) is 10.2. The molecule has 0 aliphatic carbocycles. The summed E-state index contributed by atoms with van der Waals surface area (Å²) >= 11 is 5.16. The lowest BCUT2D eigenvalue weighted by Crippen LogP contribution is -2.14. The summed E-state index contributed by atoms with van der Waals surface area (Å²) < 4.78 is 0. The van der Waals surface area contributed by atoms with Crippen molar-refractivity contribution in [2.24, 2.45) is 11.1 Å². The minimum absolute atomic E-state index is 0.214. The highest BCUT2D eigenvalue weighted by atomic mass is 35.5. The first-order chi connectivity index (χ1) is 4.09. The van der Waals surface area contributed by atoms with E-state index in [1.165, 1.54) is 0 Å². The normalized spacial score (nSPS) is 12.2. The van der Waals surface area contributed by atoms with Gasteiger partial charge >= 0.3 is 0 Å². The third-order valence-electron chi connectivity index (χ3n) is 0.815. The quantitative estimate of drug-likeness (QED) is 0.365. The zero-order valence-corrected chi connectivity index (χ0v) is 6.01. The molecule has 0 spiro atoms.